The van der Waals surface area contributed by atoms with Gasteiger partial charge >= 0.3 is 0 Å². The molecular weight excluding hydrogens is 343 g/mol. The minimum Gasteiger partial charge on any atom is -0.396 e. The summed E-state index contributed by atoms with van der Waals surface area (Å²) < 4.78 is 13.5. The second-order valence-electron chi connectivity index (χ2n) is 6.87. The molecule has 0 saturated heterocycles. The van der Waals surface area contributed by atoms with Crippen LogP contribution < -0.4 is 11.5 Å². The molecule has 4 aromatic rings. The fraction of sp³-hybridized carbons (Fsp3) is 0.150. The summed E-state index contributed by atoms with van der Waals surface area (Å²) in [6.45, 7) is 0. The fourth-order valence-corrected chi connectivity index (χ4v) is 3.80. The van der Waals surface area contributed by atoms with Crippen LogP contribution in [0, 0.1) is 5.82 Å². The molecule has 0 spiro atoms. The number of aromatic amines is 1. The zero-order valence-electron chi connectivity index (χ0n) is 14.4. The highest BCUT2D eigenvalue weighted by molar-refractivity contribution is 5.98. The number of nitrogen functional groups attached to an aromatic ring is 2. The number of benzene rings is 2. The van der Waals surface area contributed by atoms with Gasteiger partial charge in [0.25, 0.3) is 0 Å². The summed E-state index contributed by atoms with van der Waals surface area (Å²) in [5.41, 5.74) is 16.5. The number of halogens is 1. The molecule has 27 heavy (non-hydrogen) atoms. The normalized spacial score (nSPS) is 14.0. The number of aromatic nitrogens is 4. The van der Waals surface area contributed by atoms with Gasteiger partial charge < -0.3 is 11.5 Å². The predicted octanol–water partition coefficient (Wildman–Crippen LogP) is 3.21. The average Bonchev–Trinajstić information content (AvgIpc) is 3.28. The van der Waals surface area contributed by atoms with Gasteiger partial charge in [0.05, 0.1) is 16.8 Å². The molecule has 2 heterocycles. The van der Waals surface area contributed by atoms with E-state index in [0.717, 1.165) is 12.8 Å². The Labute approximate surface area is 154 Å². The van der Waals surface area contributed by atoms with Crippen molar-refractivity contribution >= 4 is 22.5 Å². The molecule has 0 fully saturated rings. The van der Waals surface area contributed by atoms with E-state index in [4.69, 9.17) is 11.5 Å². The first-order valence-electron chi connectivity index (χ1n) is 8.74. The SMILES string of the molecule is Nc1cc(-c2[nH]nc3nc(C4Cc5ccccc5C4)nc(N)c23)ccc1F. The van der Waals surface area contributed by atoms with E-state index in [2.05, 4.69) is 32.3 Å². The largest absolute Gasteiger partial charge is 0.396 e. The second-order valence-corrected chi connectivity index (χ2v) is 6.87. The Morgan fingerprint density at radius 1 is 1.00 bits per heavy atom. The molecule has 1 aliphatic carbocycles. The molecule has 0 amide bonds. The van der Waals surface area contributed by atoms with Crippen LogP contribution in [-0.2, 0) is 12.8 Å². The maximum atomic E-state index is 13.5. The minimum absolute atomic E-state index is 0.0649. The fourth-order valence-electron chi connectivity index (χ4n) is 3.80. The quantitative estimate of drug-likeness (QED) is 0.476. The summed E-state index contributed by atoms with van der Waals surface area (Å²) in [6.07, 6.45) is 1.79. The Hall–Kier alpha value is -3.48. The Kier molecular flexibility index (Phi) is 3.36. The van der Waals surface area contributed by atoms with Crippen LogP contribution in [0.15, 0.2) is 42.5 Å². The van der Waals surface area contributed by atoms with Crippen LogP contribution in [0.1, 0.15) is 22.9 Å². The number of H-pyrrole nitrogens is 1. The summed E-state index contributed by atoms with van der Waals surface area (Å²) >= 11 is 0. The van der Waals surface area contributed by atoms with Crippen molar-refractivity contribution in [1.29, 1.82) is 0 Å². The van der Waals surface area contributed by atoms with Crippen molar-refractivity contribution in [3.63, 3.8) is 0 Å². The number of nitrogens with two attached hydrogens (primary N) is 2. The first-order valence-corrected chi connectivity index (χ1v) is 8.74. The van der Waals surface area contributed by atoms with Crippen LogP contribution >= 0.6 is 0 Å². The molecule has 0 bridgehead atoms. The van der Waals surface area contributed by atoms with E-state index >= 15 is 0 Å². The van der Waals surface area contributed by atoms with Crippen molar-refractivity contribution in [3.8, 4) is 11.3 Å². The molecule has 134 valence electrons. The molecule has 0 radical (unpaired) electrons. The highest BCUT2D eigenvalue weighted by atomic mass is 19.1. The zero-order chi connectivity index (χ0) is 18.5. The monoisotopic (exact) mass is 360 g/mol. The first-order chi connectivity index (χ1) is 13.1. The number of hydrogen-bond acceptors (Lipinski definition) is 5. The Morgan fingerprint density at radius 3 is 2.44 bits per heavy atom. The Balaban J connectivity index is 1.57. The third-order valence-corrected chi connectivity index (χ3v) is 5.16. The molecule has 0 saturated carbocycles. The van der Waals surface area contributed by atoms with E-state index < -0.39 is 5.82 Å². The lowest BCUT2D eigenvalue weighted by atomic mass is 10.0. The molecule has 0 unspecified atom stereocenters. The van der Waals surface area contributed by atoms with Crippen molar-refractivity contribution < 1.29 is 4.39 Å². The standard InChI is InChI=1S/C20H17FN6/c21-14-6-5-12(9-15(14)22)17-16-18(23)24-19(25-20(16)27-26-17)13-7-10-3-1-2-4-11(10)8-13/h1-6,9,13H,7-8,22H2,(H3,23,24,25,26,27). The van der Waals surface area contributed by atoms with E-state index in [-0.39, 0.29) is 11.6 Å². The maximum absolute atomic E-state index is 13.5. The van der Waals surface area contributed by atoms with Crippen LogP contribution in [-0.4, -0.2) is 20.2 Å². The van der Waals surface area contributed by atoms with Crippen LogP contribution in [0.5, 0.6) is 0 Å². The molecule has 2 aromatic heterocycles. The van der Waals surface area contributed by atoms with Crippen molar-refractivity contribution in [3.05, 3.63) is 65.2 Å². The van der Waals surface area contributed by atoms with Crippen LogP contribution in [0.3, 0.4) is 0 Å². The zero-order valence-corrected chi connectivity index (χ0v) is 14.4. The van der Waals surface area contributed by atoms with Gasteiger partial charge in [-0.2, -0.15) is 5.10 Å². The van der Waals surface area contributed by atoms with Gasteiger partial charge in [0, 0.05) is 11.5 Å². The average molecular weight is 360 g/mol. The van der Waals surface area contributed by atoms with E-state index in [1.54, 1.807) is 12.1 Å². The number of anilines is 2. The molecule has 0 atom stereocenters. The maximum Gasteiger partial charge on any atom is 0.187 e. The summed E-state index contributed by atoms with van der Waals surface area (Å²) in [6, 6.07) is 12.9. The number of fused-ring (bicyclic) bond motifs is 2. The third-order valence-electron chi connectivity index (χ3n) is 5.16. The molecule has 1 aliphatic rings. The van der Waals surface area contributed by atoms with Gasteiger partial charge in [0.1, 0.15) is 17.5 Å². The third kappa shape index (κ3) is 2.51. The lowest BCUT2D eigenvalue weighted by Crippen LogP contribution is -2.07. The molecule has 2 aromatic carbocycles. The van der Waals surface area contributed by atoms with Gasteiger partial charge in [-0.15, -0.1) is 0 Å². The minimum atomic E-state index is -0.463. The lowest BCUT2D eigenvalue weighted by molar-refractivity contribution is 0.632. The van der Waals surface area contributed by atoms with Crippen molar-refractivity contribution in [1.82, 2.24) is 20.2 Å². The first kappa shape index (κ1) is 15.7. The summed E-state index contributed by atoms with van der Waals surface area (Å²) in [5, 5.41) is 7.87. The van der Waals surface area contributed by atoms with Gasteiger partial charge in [-0.1, -0.05) is 24.3 Å². The number of nitrogens with zero attached hydrogens (tertiary/aromatic N) is 3. The van der Waals surface area contributed by atoms with Gasteiger partial charge in [-0.25, -0.2) is 14.4 Å². The van der Waals surface area contributed by atoms with E-state index in [1.165, 1.54) is 17.2 Å². The van der Waals surface area contributed by atoms with Crippen LogP contribution in [0.4, 0.5) is 15.9 Å². The molecular formula is C20H17FN6. The number of nitrogens with one attached hydrogen (secondary N) is 1. The van der Waals surface area contributed by atoms with Gasteiger partial charge in [0.2, 0.25) is 0 Å². The summed E-state index contributed by atoms with van der Waals surface area (Å²) in [7, 11) is 0. The highest BCUT2D eigenvalue weighted by Crippen LogP contribution is 2.35. The van der Waals surface area contributed by atoms with Crippen molar-refractivity contribution in [2.24, 2.45) is 0 Å². The Bertz CT molecular complexity index is 1160. The van der Waals surface area contributed by atoms with E-state index in [0.29, 0.717) is 33.9 Å². The van der Waals surface area contributed by atoms with E-state index in [1.807, 2.05) is 12.1 Å². The molecule has 5 N–H and O–H groups in total. The van der Waals surface area contributed by atoms with Crippen molar-refractivity contribution in [2.75, 3.05) is 11.5 Å². The van der Waals surface area contributed by atoms with E-state index in [9.17, 15) is 4.39 Å². The molecule has 7 heteroatoms. The Morgan fingerprint density at radius 2 is 1.74 bits per heavy atom. The highest BCUT2D eigenvalue weighted by Gasteiger charge is 2.26. The summed E-state index contributed by atoms with van der Waals surface area (Å²) in [4.78, 5) is 9.21. The molecule has 5 rings (SSSR count). The summed E-state index contributed by atoms with van der Waals surface area (Å²) in [5.74, 6) is 0.788. The van der Waals surface area contributed by atoms with Gasteiger partial charge in [-0.3, -0.25) is 5.10 Å². The van der Waals surface area contributed by atoms with Gasteiger partial charge in [-0.05, 0) is 42.2 Å². The topological polar surface area (TPSA) is 106 Å². The predicted molar refractivity (Wildman–Crippen MR) is 102 cm³/mol. The van der Waals surface area contributed by atoms with Crippen LogP contribution in [0.25, 0.3) is 22.3 Å². The number of rotatable bonds is 2. The van der Waals surface area contributed by atoms with Gasteiger partial charge in [0.15, 0.2) is 5.65 Å². The molecule has 0 aliphatic heterocycles. The van der Waals surface area contributed by atoms with Crippen molar-refractivity contribution in [2.45, 2.75) is 18.8 Å². The van der Waals surface area contributed by atoms with Crippen LogP contribution in [0.2, 0.25) is 0 Å². The molecule has 6 nitrogen and oxygen atoms in total. The lowest BCUT2D eigenvalue weighted by Gasteiger charge is -2.09. The smallest absolute Gasteiger partial charge is 0.187 e. The number of hydrogen-bond donors (Lipinski definition) is 3. The second kappa shape index (κ2) is 5.77.